The summed E-state index contributed by atoms with van der Waals surface area (Å²) in [6.07, 6.45) is 4.19. The minimum absolute atomic E-state index is 0.0925. The molecule has 0 fully saturated rings. The highest BCUT2D eigenvalue weighted by Gasteiger charge is 2.02. The van der Waals surface area contributed by atoms with Crippen molar-refractivity contribution >= 4 is 5.91 Å². The van der Waals surface area contributed by atoms with E-state index in [1.54, 1.807) is 0 Å². The molecule has 0 aromatic carbocycles. The lowest BCUT2D eigenvalue weighted by molar-refractivity contribution is -0.121. The number of amides is 1. The van der Waals surface area contributed by atoms with Gasteiger partial charge < -0.3 is 10.6 Å². The lowest BCUT2D eigenvalue weighted by Crippen LogP contribution is -2.32. The highest BCUT2D eigenvalue weighted by Crippen LogP contribution is 2.00. The molecule has 1 rings (SSSR count). The van der Waals surface area contributed by atoms with Crippen molar-refractivity contribution in [2.45, 2.75) is 39.8 Å². The number of hydrogen-bond donors (Lipinski definition) is 2. The summed E-state index contributed by atoms with van der Waals surface area (Å²) >= 11 is 0. The van der Waals surface area contributed by atoms with Crippen LogP contribution in [0.1, 0.15) is 31.4 Å². The van der Waals surface area contributed by atoms with E-state index in [0.717, 1.165) is 17.7 Å². The second kappa shape index (κ2) is 7.01. The first-order chi connectivity index (χ1) is 8.08. The van der Waals surface area contributed by atoms with Gasteiger partial charge in [-0.2, -0.15) is 0 Å². The van der Waals surface area contributed by atoms with Gasteiger partial charge in [0.15, 0.2) is 0 Å². The largest absolute Gasteiger partial charge is 0.354 e. The van der Waals surface area contributed by atoms with Crippen LogP contribution >= 0.6 is 0 Å². The summed E-state index contributed by atoms with van der Waals surface area (Å²) in [5.74, 6) is 0.0925. The maximum Gasteiger partial charge on any atom is 0.221 e. The van der Waals surface area contributed by atoms with Crippen LogP contribution in [0.5, 0.6) is 0 Å². The van der Waals surface area contributed by atoms with Crippen molar-refractivity contribution < 1.29 is 4.79 Å². The lowest BCUT2D eigenvalue weighted by Gasteiger charge is -2.09. The first-order valence-electron chi connectivity index (χ1n) is 5.98. The third kappa shape index (κ3) is 6.02. The molecule has 0 unspecified atom stereocenters. The SMILES string of the molecule is Cc1cncc(CNCCC(=O)NC(C)C)c1. The van der Waals surface area contributed by atoms with Crippen molar-refractivity contribution in [3.63, 3.8) is 0 Å². The van der Waals surface area contributed by atoms with Crippen LogP contribution < -0.4 is 10.6 Å². The number of pyridine rings is 1. The number of carbonyl (C=O) groups excluding carboxylic acids is 1. The zero-order valence-corrected chi connectivity index (χ0v) is 10.8. The lowest BCUT2D eigenvalue weighted by atomic mass is 10.2. The molecule has 0 saturated carbocycles. The molecule has 4 nitrogen and oxygen atoms in total. The summed E-state index contributed by atoms with van der Waals surface area (Å²) < 4.78 is 0. The maximum atomic E-state index is 11.4. The molecule has 0 spiro atoms. The second-order valence-electron chi connectivity index (χ2n) is 4.52. The fraction of sp³-hybridized carbons (Fsp3) is 0.538. The molecule has 0 radical (unpaired) electrons. The first-order valence-corrected chi connectivity index (χ1v) is 5.98. The molecule has 0 aliphatic rings. The van der Waals surface area contributed by atoms with Gasteiger partial charge in [-0.1, -0.05) is 6.07 Å². The Morgan fingerprint density at radius 2 is 2.18 bits per heavy atom. The Morgan fingerprint density at radius 3 is 2.82 bits per heavy atom. The van der Waals surface area contributed by atoms with Gasteiger partial charge in [0.1, 0.15) is 0 Å². The number of carbonyl (C=O) groups is 1. The second-order valence-corrected chi connectivity index (χ2v) is 4.52. The molecule has 0 saturated heterocycles. The summed E-state index contributed by atoms with van der Waals surface area (Å²) in [5.41, 5.74) is 2.30. The van der Waals surface area contributed by atoms with Crippen molar-refractivity contribution in [2.75, 3.05) is 6.54 Å². The molecule has 1 amide bonds. The van der Waals surface area contributed by atoms with Crippen LogP contribution in [-0.4, -0.2) is 23.5 Å². The molecule has 0 aliphatic heterocycles. The molecule has 1 heterocycles. The average Bonchev–Trinajstić information content (AvgIpc) is 2.23. The fourth-order valence-corrected chi connectivity index (χ4v) is 1.54. The van der Waals surface area contributed by atoms with Gasteiger partial charge in [0, 0.05) is 37.9 Å². The highest BCUT2D eigenvalue weighted by molar-refractivity contribution is 5.76. The van der Waals surface area contributed by atoms with E-state index in [0.29, 0.717) is 13.0 Å². The Labute approximate surface area is 103 Å². The molecule has 1 aromatic heterocycles. The Balaban J connectivity index is 2.18. The van der Waals surface area contributed by atoms with E-state index in [1.807, 2.05) is 33.2 Å². The summed E-state index contributed by atoms with van der Waals surface area (Å²) in [5, 5.41) is 6.09. The minimum Gasteiger partial charge on any atom is -0.354 e. The number of nitrogens with one attached hydrogen (secondary N) is 2. The van der Waals surface area contributed by atoms with Crippen molar-refractivity contribution in [1.29, 1.82) is 0 Å². The number of rotatable bonds is 6. The third-order valence-corrected chi connectivity index (χ3v) is 2.24. The third-order valence-electron chi connectivity index (χ3n) is 2.24. The van der Waals surface area contributed by atoms with Crippen molar-refractivity contribution in [1.82, 2.24) is 15.6 Å². The van der Waals surface area contributed by atoms with Gasteiger partial charge in [-0.05, 0) is 31.9 Å². The van der Waals surface area contributed by atoms with Gasteiger partial charge in [0.25, 0.3) is 0 Å². The number of hydrogen-bond acceptors (Lipinski definition) is 3. The van der Waals surface area contributed by atoms with Gasteiger partial charge in [0.05, 0.1) is 0 Å². The molecule has 0 aliphatic carbocycles. The van der Waals surface area contributed by atoms with E-state index >= 15 is 0 Å². The zero-order valence-electron chi connectivity index (χ0n) is 10.8. The number of aryl methyl sites for hydroxylation is 1. The molecular weight excluding hydrogens is 214 g/mol. The fourth-order valence-electron chi connectivity index (χ4n) is 1.54. The van der Waals surface area contributed by atoms with E-state index < -0.39 is 0 Å². The molecule has 0 bridgehead atoms. The quantitative estimate of drug-likeness (QED) is 0.733. The normalized spacial score (nSPS) is 10.6. The zero-order chi connectivity index (χ0) is 12.7. The minimum atomic E-state index is 0.0925. The van der Waals surface area contributed by atoms with Crippen LogP contribution in [0.15, 0.2) is 18.5 Å². The Kier molecular flexibility index (Phi) is 5.63. The van der Waals surface area contributed by atoms with Crippen LogP contribution in [-0.2, 0) is 11.3 Å². The molecule has 17 heavy (non-hydrogen) atoms. The van der Waals surface area contributed by atoms with E-state index in [-0.39, 0.29) is 11.9 Å². The first kappa shape index (κ1) is 13.6. The maximum absolute atomic E-state index is 11.4. The van der Waals surface area contributed by atoms with Gasteiger partial charge in [0.2, 0.25) is 5.91 Å². The topological polar surface area (TPSA) is 54.0 Å². The van der Waals surface area contributed by atoms with Crippen LogP contribution in [0.2, 0.25) is 0 Å². The predicted octanol–water partition coefficient (Wildman–Crippen LogP) is 1.39. The van der Waals surface area contributed by atoms with Crippen molar-refractivity contribution in [3.05, 3.63) is 29.6 Å². The highest BCUT2D eigenvalue weighted by atomic mass is 16.1. The van der Waals surface area contributed by atoms with Crippen LogP contribution in [0.3, 0.4) is 0 Å². The molecule has 94 valence electrons. The van der Waals surface area contributed by atoms with E-state index in [4.69, 9.17) is 0 Å². The summed E-state index contributed by atoms with van der Waals surface area (Å²) in [6.45, 7) is 7.39. The Hall–Kier alpha value is -1.42. The van der Waals surface area contributed by atoms with Crippen molar-refractivity contribution in [3.8, 4) is 0 Å². The molecular formula is C13H21N3O. The summed E-state index contributed by atoms with van der Waals surface area (Å²) in [7, 11) is 0. The van der Waals surface area contributed by atoms with E-state index in [1.165, 1.54) is 0 Å². The molecule has 1 aromatic rings. The van der Waals surface area contributed by atoms with Crippen LogP contribution in [0.25, 0.3) is 0 Å². The summed E-state index contributed by atoms with van der Waals surface area (Å²) in [4.78, 5) is 15.5. The number of aromatic nitrogens is 1. The smallest absolute Gasteiger partial charge is 0.221 e. The van der Waals surface area contributed by atoms with E-state index in [9.17, 15) is 4.79 Å². The van der Waals surface area contributed by atoms with Crippen molar-refractivity contribution in [2.24, 2.45) is 0 Å². The van der Waals surface area contributed by atoms with Gasteiger partial charge in [-0.3, -0.25) is 9.78 Å². The summed E-state index contributed by atoms with van der Waals surface area (Å²) in [6, 6.07) is 2.30. The van der Waals surface area contributed by atoms with E-state index in [2.05, 4.69) is 21.7 Å². The van der Waals surface area contributed by atoms with Crippen LogP contribution in [0.4, 0.5) is 0 Å². The molecule has 2 N–H and O–H groups in total. The Morgan fingerprint density at radius 1 is 1.41 bits per heavy atom. The monoisotopic (exact) mass is 235 g/mol. The molecule has 0 atom stereocenters. The predicted molar refractivity (Wildman–Crippen MR) is 68.6 cm³/mol. The standard InChI is InChI=1S/C13H21N3O/c1-10(2)16-13(17)4-5-14-8-12-6-11(3)7-15-9-12/h6-7,9-10,14H,4-5,8H2,1-3H3,(H,16,17). The molecule has 4 heteroatoms. The number of nitrogens with zero attached hydrogens (tertiary/aromatic N) is 1. The van der Waals surface area contributed by atoms with Crippen LogP contribution in [0, 0.1) is 6.92 Å². The van der Waals surface area contributed by atoms with Gasteiger partial charge >= 0.3 is 0 Å². The Bertz CT molecular complexity index is 363. The van der Waals surface area contributed by atoms with Gasteiger partial charge in [-0.15, -0.1) is 0 Å². The van der Waals surface area contributed by atoms with Gasteiger partial charge in [-0.25, -0.2) is 0 Å². The average molecular weight is 235 g/mol.